The van der Waals surface area contributed by atoms with Gasteiger partial charge < -0.3 is 11.5 Å². The second-order valence-corrected chi connectivity index (χ2v) is 2.46. The van der Waals surface area contributed by atoms with Gasteiger partial charge in [0.1, 0.15) is 5.69 Å². The molecule has 0 saturated heterocycles. The number of nitrogens with zero attached hydrogens (tertiary/aromatic N) is 1. The van der Waals surface area contributed by atoms with Crippen LogP contribution in [0.1, 0.15) is 22.5 Å². The van der Waals surface area contributed by atoms with Crippen LogP contribution >= 0.6 is 0 Å². The molecule has 4 nitrogen and oxygen atoms in total. The molecule has 1 aromatic heterocycles. The molecule has 0 aliphatic carbocycles. The quantitative estimate of drug-likeness (QED) is 0.702. The van der Waals surface area contributed by atoms with Gasteiger partial charge in [0.05, 0.1) is 5.56 Å². The Kier molecular flexibility index (Phi) is 2.59. The molecule has 1 aromatic rings. The maximum atomic E-state index is 12.6. The summed E-state index contributed by atoms with van der Waals surface area (Å²) in [6.45, 7) is 0. The molecule has 0 atom stereocenters. The Morgan fingerprint density at radius 1 is 1.50 bits per heavy atom. The van der Waals surface area contributed by atoms with Gasteiger partial charge in [-0.15, -0.1) is 0 Å². The van der Waals surface area contributed by atoms with Gasteiger partial charge in [-0.1, -0.05) is 0 Å². The van der Waals surface area contributed by atoms with Gasteiger partial charge in [-0.2, -0.15) is 4.39 Å². The summed E-state index contributed by atoms with van der Waals surface area (Å²) < 4.78 is 37.2. The van der Waals surface area contributed by atoms with Gasteiger partial charge in [-0.05, 0) is 0 Å². The smallest absolute Gasteiger partial charge is 0.268 e. The molecule has 4 N–H and O–H groups in total. The van der Waals surface area contributed by atoms with Crippen molar-refractivity contribution in [1.82, 2.24) is 4.98 Å². The summed E-state index contributed by atoms with van der Waals surface area (Å²) in [5.74, 6) is -2.37. The molecule has 0 spiro atoms. The van der Waals surface area contributed by atoms with Gasteiger partial charge in [-0.25, -0.2) is 13.8 Å². The number of anilines is 1. The molecule has 0 aliphatic heterocycles. The third kappa shape index (κ3) is 1.76. The zero-order valence-corrected chi connectivity index (χ0v) is 6.80. The monoisotopic (exact) mass is 205 g/mol. The maximum Gasteiger partial charge on any atom is 0.268 e. The molecule has 76 valence electrons. The molecule has 0 bridgehead atoms. The number of nitrogens with two attached hydrogens (primary N) is 2. The van der Waals surface area contributed by atoms with E-state index in [1.54, 1.807) is 0 Å². The van der Waals surface area contributed by atoms with Gasteiger partial charge in [0.25, 0.3) is 12.3 Å². The number of aromatic nitrogens is 1. The second kappa shape index (κ2) is 3.52. The van der Waals surface area contributed by atoms with E-state index >= 15 is 0 Å². The maximum absolute atomic E-state index is 12.6. The van der Waals surface area contributed by atoms with Crippen molar-refractivity contribution in [2.75, 3.05) is 5.73 Å². The number of primary amides is 1. The highest BCUT2D eigenvalue weighted by molar-refractivity contribution is 5.93. The molecule has 0 aliphatic rings. The van der Waals surface area contributed by atoms with E-state index < -0.39 is 35.2 Å². The van der Waals surface area contributed by atoms with E-state index in [-0.39, 0.29) is 0 Å². The number of rotatable bonds is 2. The lowest BCUT2D eigenvalue weighted by molar-refractivity contribution is 0.0979. The highest BCUT2D eigenvalue weighted by Gasteiger charge is 2.22. The predicted molar refractivity (Wildman–Crippen MR) is 42.1 cm³/mol. The number of amides is 1. The number of hydrogen-bond acceptors (Lipinski definition) is 3. The summed E-state index contributed by atoms with van der Waals surface area (Å²) in [5.41, 5.74) is 7.62. The van der Waals surface area contributed by atoms with Crippen molar-refractivity contribution >= 4 is 11.6 Å². The molecule has 0 fully saturated rings. The van der Waals surface area contributed by atoms with E-state index in [1.807, 2.05) is 0 Å². The largest absolute Gasteiger partial charge is 0.398 e. The minimum atomic E-state index is -3.02. The highest BCUT2D eigenvalue weighted by Crippen LogP contribution is 2.27. The van der Waals surface area contributed by atoms with Crippen LogP contribution in [0, 0.1) is 5.95 Å². The first-order valence-corrected chi connectivity index (χ1v) is 3.47. The van der Waals surface area contributed by atoms with Crippen molar-refractivity contribution in [3.05, 3.63) is 23.3 Å². The van der Waals surface area contributed by atoms with Crippen molar-refractivity contribution in [2.45, 2.75) is 6.43 Å². The van der Waals surface area contributed by atoms with Crippen molar-refractivity contribution in [3.63, 3.8) is 0 Å². The zero-order chi connectivity index (χ0) is 10.9. The average molecular weight is 205 g/mol. The Hall–Kier alpha value is -1.79. The Labute approximate surface area is 76.7 Å². The van der Waals surface area contributed by atoms with Crippen LogP contribution in [0.3, 0.4) is 0 Å². The summed E-state index contributed by atoms with van der Waals surface area (Å²) in [7, 11) is 0. The van der Waals surface area contributed by atoms with E-state index in [2.05, 4.69) is 4.98 Å². The van der Waals surface area contributed by atoms with Crippen LogP contribution in [0.2, 0.25) is 0 Å². The van der Waals surface area contributed by atoms with E-state index in [0.717, 1.165) is 0 Å². The Morgan fingerprint density at radius 2 is 2.07 bits per heavy atom. The Balaban J connectivity index is 3.44. The van der Waals surface area contributed by atoms with Crippen LogP contribution < -0.4 is 11.5 Å². The topological polar surface area (TPSA) is 82.0 Å². The molecule has 1 rings (SSSR count). The Bertz CT molecular complexity index is 381. The van der Waals surface area contributed by atoms with Crippen molar-refractivity contribution in [2.24, 2.45) is 5.73 Å². The number of pyridine rings is 1. The van der Waals surface area contributed by atoms with E-state index in [1.165, 1.54) is 0 Å². The van der Waals surface area contributed by atoms with E-state index in [9.17, 15) is 18.0 Å². The van der Waals surface area contributed by atoms with Gasteiger partial charge in [-0.3, -0.25) is 4.79 Å². The summed E-state index contributed by atoms with van der Waals surface area (Å²) in [6.07, 6.45) is -3.02. The molecule has 0 saturated carbocycles. The first-order valence-electron chi connectivity index (χ1n) is 3.47. The average Bonchev–Trinajstić information content (AvgIpc) is 2.01. The van der Waals surface area contributed by atoms with E-state index in [0.29, 0.717) is 6.07 Å². The molecule has 0 unspecified atom stereocenters. The third-order valence-electron chi connectivity index (χ3n) is 1.51. The lowest BCUT2D eigenvalue weighted by Crippen LogP contribution is -2.18. The molecule has 14 heavy (non-hydrogen) atoms. The standard InChI is InChI=1S/C7H6F3N3O/c8-3-1-2(11)4(6(9)10)5(13-3)7(12)14/h1,6H,(H2,11,13)(H2,12,14). The van der Waals surface area contributed by atoms with Crippen LogP contribution in [-0.4, -0.2) is 10.9 Å². The van der Waals surface area contributed by atoms with Crippen LogP contribution in [0.5, 0.6) is 0 Å². The van der Waals surface area contributed by atoms with Crippen molar-refractivity contribution < 1.29 is 18.0 Å². The number of carbonyl (C=O) groups is 1. The Morgan fingerprint density at radius 3 is 2.50 bits per heavy atom. The highest BCUT2D eigenvalue weighted by atomic mass is 19.3. The molecule has 7 heteroatoms. The summed E-state index contributed by atoms with van der Waals surface area (Å²) in [6, 6.07) is 0.605. The second-order valence-electron chi connectivity index (χ2n) is 2.46. The zero-order valence-electron chi connectivity index (χ0n) is 6.80. The summed E-state index contributed by atoms with van der Waals surface area (Å²) in [5, 5.41) is 0. The number of hydrogen-bond donors (Lipinski definition) is 2. The SMILES string of the molecule is NC(=O)c1nc(F)cc(N)c1C(F)F. The molecule has 0 radical (unpaired) electrons. The first-order chi connectivity index (χ1) is 6.43. The fourth-order valence-corrected chi connectivity index (χ4v) is 0.959. The lowest BCUT2D eigenvalue weighted by atomic mass is 10.1. The van der Waals surface area contributed by atoms with Gasteiger partial charge in [0.2, 0.25) is 5.95 Å². The summed E-state index contributed by atoms with van der Waals surface area (Å²) in [4.78, 5) is 13.6. The first kappa shape index (κ1) is 10.3. The fraction of sp³-hybridized carbons (Fsp3) is 0.143. The molecule has 0 aromatic carbocycles. The molecule has 1 amide bonds. The van der Waals surface area contributed by atoms with Gasteiger partial charge >= 0.3 is 0 Å². The fourth-order valence-electron chi connectivity index (χ4n) is 0.959. The molecular formula is C7H6F3N3O. The number of halogens is 3. The lowest BCUT2D eigenvalue weighted by Gasteiger charge is -2.07. The van der Waals surface area contributed by atoms with Crippen LogP contribution in [0.15, 0.2) is 6.07 Å². The third-order valence-corrected chi connectivity index (χ3v) is 1.51. The van der Waals surface area contributed by atoms with Crippen LogP contribution in [0.4, 0.5) is 18.9 Å². The van der Waals surface area contributed by atoms with Crippen molar-refractivity contribution in [1.29, 1.82) is 0 Å². The van der Waals surface area contributed by atoms with Gasteiger partial charge in [0.15, 0.2) is 0 Å². The number of nitrogen functional groups attached to an aromatic ring is 1. The summed E-state index contributed by atoms with van der Waals surface area (Å²) >= 11 is 0. The molecule has 1 heterocycles. The number of carbonyl (C=O) groups excluding carboxylic acids is 1. The molecular weight excluding hydrogens is 199 g/mol. The van der Waals surface area contributed by atoms with Crippen LogP contribution in [0.25, 0.3) is 0 Å². The minimum absolute atomic E-state index is 0.540. The van der Waals surface area contributed by atoms with Crippen LogP contribution in [-0.2, 0) is 0 Å². The van der Waals surface area contributed by atoms with Crippen molar-refractivity contribution in [3.8, 4) is 0 Å². The minimum Gasteiger partial charge on any atom is -0.398 e. The van der Waals surface area contributed by atoms with E-state index in [4.69, 9.17) is 11.5 Å². The van der Waals surface area contributed by atoms with Gasteiger partial charge in [0, 0.05) is 11.8 Å². The normalized spacial score (nSPS) is 10.6. The number of alkyl halides is 2. The predicted octanol–water partition coefficient (Wildman–Crippen LogP) is 0.839.